The average Bonchev–Trinajstić information content (AvgIpc) is 3.25. The smallest absolute Gasteiger partial charge is 0.226 e. The van der Waals surface area contributed by atoms with E-state index in [-0.39, 0.29) is 17.6 Å². The van der Waals surface area contributed by atoms with Crippen LogP contribution in [0, 0.1) is 5.92 Å². The Bertz CT molecular complexity index is 589. The highest BCUT2D eigenvalue weighted by atomic mass is 16.6. The highest BCUT2D eigenvalue weighted by molar-refractivity contribution is 5.76. The standard InChI is InChI=1S/C20H27NO4/c22-19(8-11-23-17-4-2-1-3-5-17)21-10-9-20(15-21)12-18(14-25-20)24-13-16-6-7-16/h1-5,16,18H,6-15H2/t18-,20+/m1/s1. The Morgan fingerprint density at radius 3 is 2.92 bits per heavy atom. The molecule has 0 radical (unpaired) electrons. The number of carbonyl (C=O) groups is 1. The van der Waals surface area contributed by atoms with Gasteiger partial charge in [0.1, 0.15) is 5.75 Å². The molecule has 5 heteroatoms. The van der Waals surface area contributed by atoms with Crippen LogP contribution < -0.4 is 4.74 Å². The SMILES string of the molecule is O=C(CCOc1ccccc1)N1CC[C@]2(C[C@@H](OCC3CC3)CO2)C1. The molecule has 2 aliphatic heterocycles. The predicted octanol–water partition coefficient (Wildman–Crippen LogP) is 2.64. The number of amides is 1. The molecule has 0 N–H and O–H groups in total. The molecular formula is C20H27NO4. The molecule has 1 saturated carbocycles. The first-order chi connectivity index (χ1) is 12.2. The summed E-state index contributed by atoms with van der Waals surface area (Å²) in [6.45, 7) is 3.44. The van der Waals surface area contributed by atoms with Gasteiger partial charge in [-0.1, -0.05) is 18.2 Å². The summed E-state index contributed by atoms with van der Waals surface area (Å²) in [5, 5.41) is 0. The van der Waals surface area contributed by atoms with Crippen LogP contribution in [0.4, 0.5) is 0 Å². The van der Waals surface area contributed by atoms with Crippen LogP contribution in [0.25, 0.3) is 0 Å². The Morgan fingerprint density at radius 1 is 1.28 bits per heavy atom. The van der Waals surface area contributed by atoms with Crippen LogP contribution in [0.5, 0.6) is 5.75 Å². The van der Waals surface area contributed by atoms with Crippen molar-refractivity contribution in [1.29, 1.82) is 0 Å². The van der Waals surface area contributed by atoms with Crippen LogP contribution in [0.2, 0.25) is 0 Å². The number of ether oxygens (including phenoxy) is 3. The lowest BCUT2D eigenvalue weighted by molar-refractivity contribution is -0.131. The van der Waals surface area contributed by atoms with Crippen LogP contribution in [-0.2, 0) is 14.3 Å². The summed E-state index contributed by atoms with van der Waals surface area (Å²) in [7, 11) is 0. The summed E-state index contributed by atoms with van der Waals surface area (Å²) >= 11 is 0. The van der Waals surface area contributed by atoms with E-state index in [0.717, 1.165) is 37.7 Å². The zero-order valence-electron chi connectivity index (χ0n) is 14.7. The van der Waals surface area contributed by atoms with E-state index in [2.05, 4.69) is 0 Å². The lowest BCUT2D eigenvalue weighted by Crippen LogP contribution is -2.36. The fourth-order valence-electron chi connectivity index (χ4n) is 3.74. The lowest BCUT2D eigenvalue weighted by Gasteiger charge is -2.23. The van der Waals surface area contributed by atoms with E-state index >= 15 is 0 Å². The van der Waals surface area contributed by atoms with E-state index in [1.165, 1.54) is 12.8 Å². The van der Waals surface area contributed by atoms with Crippen molar-refractivity contribution in [2.24, 2.45) is 5.92 Å². The minimum atomic E-state index is -0.176. The molecule has 0 aromatic heterocycles. The summed E-state index contributed by atoms with van der Waals surface area (Å²) in [6.07, 6.45) is 5.08. The molecule has 2 heterocycles. The minimum absolute atomic E-state index is 0.152. The molecule has 0 bridgehead atoms. The summed E-state index contributed by atoms with van der Waals surface area (Å²) in [5.41, 5.74) is -0.176. The highest BCUT2D eigenvalue weighted by Crippen LogP contribution is 2.37. The van der Waals surface area contributed by atoms with Crippen molar-refractivity contribution in [3.8, 4) is 5.75 Å². The minimum Gasteiger partial charge on any atom is -0.493 e. The molecule has 0 unspecified atom stereocenters. The zero-order chi connectivity index (χ0) is 17.1. The molecule has 2 atom stereocenters. The molecule has 3 fully saturated rings. The Kier molecular flexibility index (Phi) is 4.95. The van der Waals surface area contributed by atoms with Gasteiger partial charge in [0, 0.05) is 26.1 Å². The molecule has 136 valence electrons. The van der Waals surface area contributed by atoms with Gasteiger partial charge >= 0.3 is 0 Å². The summed E-state index contributed by atoms with van der Waals surface area (Å²) < 4.78 is 17.7. The topological polar surface area (TPSA) is 48.0 Å². The van der Waals surface area contributed by atoms with Crippen molar-refractivity contribution < 1.29 is 19.0 Å². The number of para-hydroxylation sites is 1. The maximum atomic E-state index is 12.4. The largest absolute Gasteiger partial charge is 0.493 e. The zero-order valence-corrected chi connectivity index (χ0v) is 14.7. The third kappa shape index (κ3) is 4.33. The number of carbonyl (C=O) groups excluding carboxylic acids is 1. The molecule has 1 aromatic carbocycles. The van der Waals surface area contributed by atoms with Gasteiger partial charge in [-0.2, -0.15) is 0 Å². The second-order valence-electron chi connectivity index (χ2n) is 7.57. The van der Waals surface area contributed by atoms with Crippen molar-refractivity contribution in [3.05, 3.63) is 30.3 Å². The van der Waals surface area contributed by atoms with E-state index in [0.29, 0.717) is 26.2 Å². The van der Waals surface area contributed by atoms with Crippen molar-refractivity contribution >= 4 is 5.91 Å². The second kappa shape index (κ2) is 7.34. The van der Waals surface area contributed by atoms with Gasteiger partial charge in [0.15, 0.2) is 0 Å². The normalized spacial score (nSPS) is 28.6. The summed E-state index contributed by atoms with van der Waals surface area (Å²) in [6, 6.07) is 9.62. The predicted molar refractivity (Wildman–Crippen MR) is 93.5 cm³/mol. The van der Waals surface area contributed by atoms with Crippen LogP contribution in [0.1, 0.15) is 32.1 Å². The van der Waals surface area contributed by atoms with Gasteiger partial charge < -0.3 is 19.1 Å². The van der Waals surface area contributed by atoms with Crippen molar-refractivity contribution in [1.82, 2.24) is 4.90 Å². The first-order valence-corrected chi connectivity index (χ1v) is 9.44. The Morgan fingerprint density at radius 2 is 2.12 bits per heavy atom. The third-order valence-corrected chi connectivity index (χ3v) is 5.44. The maximum Gasteiger partial charge on any atom is 0.226 e. The number of rotatable bonds is 7. The Hall–Kier alpha value is -1.59. The molecule has 1 aromatic rings. The molecule has 4 rings (SSSR count). The Labute approximate surface area is 149 Å². The van der Waals surface area contributed by atoms with Gasteiger partial charge in [-0.25, -0.2) is 0 Å². The molecule has 1 aliphatic carbocycles. The van der Waals surface area contributed by atoms with Gasteiger partial charge in [0.2, 0.25) is 5.91 Å². The molecule has 1 spiro atoms. The summed E-state index contributed by atoms with van der Waals surface area (Å²) in [4.78, 5) is 14.4. The number of hydrogen-bond acceptors (Lipinski definition) is 4. The van der Waals surface area contributed by atoms with Gasteiger partial charge in [0.05, 0.1) is 31.3 Å². The van der Waals surface area contributed by atoms with Crippen LogP contribution in [0.15, 0.2) is 30.3 Å². The average molecular weight is 345 g/mol. The number of nitrogens with zero attached hydrogens (tertiary/aromatic N) is 1. The fraction of sp³-hybridized carbons (Fsp3) is 0.650. The molecular weight excluding hydrogens is 318 g/mol. The van der Waals surface area contributed by atoms with E-state index in [4.69, 9.17) is 14.2 Å². The monoisotopic (exact) mass is 345 g/mol. The first-order valence-electron chi connectivity index (χ1n) is 9.44. The van der Waals surface area contributed by atoms with E-state index in [1.54, 1.807) is 0 Å². The Balaban J connectivity index is 1.19. The van der Waals surface area contributed by atoms with E-state index in [9.17, 15) is 4.79 Å². The van der Waals surface area contributed by atoms with E-state index in [1.807, 2.05) is 35.2 Å². The van der Waals surface area contributed by atoms with Gasteiger partial charge in [-0.3, -0.25) is 4.79 Å². The van der Waals surface area contributed by atoms with Gasteiger partial charge in [-0.05, 0) is 37.3 Å². The first kappa shape index (κ1) is 16.9. The van der Waals surface area contributed by atoms with Gasteiger partial charge in [-0.15, -0.1) is 0 Å². The molecule has 1 amide bonds. The third-order valence-electron chi connectivity index (χ3n) is 5.44. The van der Waals surface area contributed by atoms with Crippen LogP contribution >= 0.6 is 0 Å². The van der Waals surface area contributed by atoms with Crippen molar-refractivity contribution in [2.75, 3.05) is 32.9 Å². The maximum absolute atomic E-state index is 12.4. The lowest BCUT2D eigenvalue weighted by atomic mass is 9.98. The van der Waals surface area contributed by atoms with Crippen molar-refractivity contribution in [3.63, 3.8) is 0 Å². The van der Waals surface area contributed by atoms with Gasteiger partial charge in [0.25, 0.3) is 0 Å². The van der Waals surface area contributed by atoms with Crippen LogP contribution in [0.3, 0.4) is 0 Å². The fourth-order valence-corrected chi connectivity index (χ4v) is 3.74. The number of benzene rings is 1. The number of hydrogen-bond donors (Lipinski definition) is 0. The van der Waals surface area contributed by atoms with Crippen LogP contribution in [-0.4, -0.2) is 55.4 Å². The van der Waals surface area contributed by atoms with E-state index < -0.39 is 0 Å². The number of likely N-dealkylation sites (tertiary alicyclic amines) is 1. The molecule has 5 nitrogen and oxygen atoms in total. The molecule has 3 aliphatic rings. The molecule has 25 heavy (non-hydrogen) atoms. The van der Waals surface area contributed by atoms with Crippen molar-refractivity contribution in [2.45, 2.75) is 43.8 Å². The second-order valence-corrected chi connectivity index (χ2v) is 7.57. The molecule has 2 saturated heterocycles. The quantitative estimate of drug-likeness (QED) is 0.762. The highest BCUT2D eigenvalue weighted by Gasteiger charge is 2.47. The summed E-state index contributed by atoms with van der Waals surface area (Å²) in [5.74, 6) is 1.74.